The Hall–Kier alpha value is -0.900. The first-order valence-corrected chi connectivity index (χ1v) is 6.97. The number of hydrogen-bond acceptors (Lipinski definition) is 3. The fraction of sp³-hybridized carbons (Fsp3) is 0.429. The van der Waals surface area contributed by atoms with Crippen molar-refractivity contribution in [2.45, 2.75) is 31.4 Å². The van der Waals surface area contributed by atoms with Crippen molar-refractivity contribution >= 4 is 21.4 Å². The van der Waals surface area contributed by atoms with Gasteiger partial charge in [0.25, 0.3) is 0 Å². The van der Waals surface area contributed by atoms with E-state index in [0.717, 1.165) is 25.9 Å². The third kappa shape index (κ3) is 2.37. The van der Waals surface area contributed by atoms with Crippen molar-refractivity contribution in [3.8, 4) is 0 Å². The summed E-state index contributed by atoms with van der Waals surface area (Å²) in [5, 5.41) is 14.7. The number of thiophene rings is 1. The van der Waals surface area contributed by atoms with Gasteiger partial charge in [-0.2, -0.15) is 0 Å². The third-order valence-corrected chi connectivity index (χ3v) is 4.63. The van der Waals surface area contributed by atoms with Crippen LogP contribution in [0.4, 0.5) is 0 Å². The molecule has 1 aromatic heterocycles. The molecule has 1 aromatic carbocycles. The van der Waals surface area contributed by atoms with Crippen LogP contribution in [0, 0.1) is 0 Å². The van der Waals surface area contributed by atoms with Gasteiger partial charge in [-0.25, -0.2) is 0 Å². The first-order valence-electron chi connectivity index (χ1n) is 6.16. The number of hydrogen-bond donors (Lipinski definition) is 2. The van der Waals surface area contributed by atoms with Crippen LogP contribution in [0.1, 0.15) is 24.1 Å². The zero-order valence-corrected chi connectivity index (χ0v) is 10.6. The molecule has 1 saturated carbocycles. The quantitative estimate of drug-likeness (QED) is 0.870. The van der Waals surface area contributed by atoms with Crippen molar-refractivity contribution in [1.82, 2.24) is 5.32 Å². The summed E-state index contributed by atoms with van der Waals surface area (Å²) < 4.78 is 1.34. The van der Waals surface area contributed by atoms with Gasteiger partial charge >= 0.3 is 0 Å². The first-order chi connectivity index (χ1) is 8.25. The lowest BCUT2D eigenvalue weighted by Crippen LogP contribution is -2.45. The summed E-state index contributed by atoms with van der Waals surface area (Å²) in [5.74, 6) is 0. The largest absolute Gasteiger partial charge is 0.389 e. The summed E-state index contributed by atoms with van der Waals surface area (Å²) in [6.45, 7) is 1.59. The van der Waals surface area contributed by atoms with Gasteiger partial charge in [0, 0.05) is 22.7 Å². The van der Waals surface area contributed by atoms with Crippen LogP contribution in [0.25, 0.3) is 10.1 Å². The minimum atomic E-state index is -0.420. The van der Waals surface area contributed by atoms with E-state index in [1.165, 1.54) is 21.4 Å². The second kappa shape index (κ2) is 4.41. The molecule has 0 radical (unpaired) electrons. The van der Waals surface area contributed by atoms with Crippen LogP contribution >= 0.6 is 11.3 Å². The fourth-order valence-electron chi connectivity index (χ4n) is 2.30. The first kappa shape index (κ1) is 11.2. The Labute approximate surface area is 105 Å². The van der Waals surface area contributed by atoms with Crippen molar-refractivity contribution in [3.05, 3.63) is 35.2 Å². The highest BCUT2D eigenvalue weighted by atomic mass is 32.1. The fourth-order valence-corrected chi connectivity index (χ4v) is 3.34. The molecule has 2 N–H and O–H groups in total. The summed E-state index contributed by atoms with van der Waals surface area (Å²) in [4.78, 5) is 1.34. The lowest BCUT2D eigenvalue weighted by atomic mass is 9.80. The number of fused-ring (bicyclic) bond motifs is 1. The Balaban J connectivity index is 1.61. The number of nitrogens with one attached hydrogen (secondary N) is 1. The van der Waals surface area contributed by atoms with Gasteiger partial charge in [0.2, 0.25) is 0 Å². The van der Waals surface area contributed by atoms with E-state index in [4.69, 9.17) is 0 Å². The van der Waals surface area contributed by atoms with Gasteiger partial charge in [-0.15, -0.1) is 11.3 Å². The van der Waals surface area contributed by atoms with E-state index < -0.39 is 5.60 Å². The maximum atomic E-state index is 9.97. The molecule has 2 aromatic rings. The van der Waals surface area contributed by atoms with Crippen LogP contribution in [0.2, 0.25) is 0 Å². The monoisotopic (exact) mass is 247 g/mol. The second-order valence-electron chi connectivity index (χ2n) is 4.93. The molecule has 1 aliphatic rings. The van der Waals surface area contributed by atoms with Crippen molar-refractivity contribution in [2.24, 2.45) is 0 Å². The highest BCUT2D eigenvalue weighted by molar-refractivity contribution is 7.19. The predicted octanol–water partition coefficient (Wildman–Crippen LogP) is 2.91. The molecule has 2 nitrogen and oxygen atoms in total. The Kier molecular flexibility index (Phi) is 2.90. The average molecular weight is 247 g/mol. The lowest BCUT2D eigenvalue weighted by Gasteiger charge is -2.36. The molecule has 90 valence electrons. The van der Waals surface area contributed by atoms with E-state index in [0.29, 0.717) is 0 Å². The van der Waals surface area contributed by atoms with Gasteiger partial charge < -0.3 is 10.4 Å². The summed E-state index contributed by atoms with van der Waals surface area (Å²) >= 11 is 1.83. The smallest absolute Gasteiger partial charge is 0.0771 e. The zero-order chi connectivity index (χ0) is 11.7. The lowest BCUT2D eigenvalue weighted by molar-refractivity contribution is -0.0314. The van der Waals surface area contributed by atoms with Crippen LogP contribution in [0.5, 0.6) is 0 Å². The van der Waals surface area contributed by atoms with E-state index in [-0.39, 0.29) is 0 Å². The van der Waals surface area contributed by atoms with Crippen LogP contribution in [-0.2, 0) is 6.54 Å². The minimum absolute atomic E-state index is 0.420. The molecule has 1 heterocycles. The van der Waals surface area contributed by atoms with Gasteiger partial charge in [-0.3, -0.25) is 0 Å². The van der Waals surface area contributed by atoms with Gasteiger partial charge in [-0.05, 0) is 36.8 Å². The summed E-state index contributed by atoms with van der Waals surface area (Å²) in [6.07, 6.45) is 3.07. The minimum Gasteiger partial charge on any atom is -0.389 e. The molecule has 1 fully saturated rings. The van der Waals surface area contributed by atoms with Crippen LogP contribution in [0.3, 0.4) is 0 Å². The van der Waals surface area contributed by atoms with Crippen molar-refractivity contribution < 1.29 is 5.11 Å². The molecular formula is C14H17NOS. The molecule has 3 rings (SSSR count). The van der Waals surface area contributed by atoms with Gasteiger partial charge in [-0.1, -0.05) is 18.2 Å². The molecule has 0 saturated heterocycles. The average Bonchev–Trinajstić information content (AvgIpc) is 2.69. The molecule has 0 atom stereocenters. The highest BCUT2D eigenvalue weighted by Crippen LogP contribution is 2.31. The van der Waals surface area contributed by atoms with Crippen molar-refractivity contribution in [1.29, 1.82) is 0 Å². The third-order valence-electron chi connectivity index (χ3n) is 3.51. The highest BCUT2D eigenvalue weighted by Gasteiger charge is 2.33. The zero-order valence-electron chi connectivity index (χ0n) is 9.78. The number of benzene rings is 1. The molecule has 0 unspecified atom stereocenters. The van der Waals surface area contributed by atoms with Crippen LogP contribution in [0.15, 0.2) is 30.3 Å². The molecule has 0 amide bonds. The van der Waals surface area contributed by atoms with Gasteiger partial charge in [0.05, 0.1) is 5.60 Å². The van der Waals surface area contributed by atoms with Crippen LogP contribution in [-0.4, -0.2) is 17.3 Å². The molecule has 0 spiro atoms. The Morgan fingerprint density at radius 1 is 1.29 bits per heavy atom. The molecule has 0 aliphatic heterocycles. The molecule has 17 heavy (non-hydrogen) atoms. The second-order valence-corrected chi connectivity index (χ2v) is 6.10. The Bertz CT molecular complexity index is 483. The van der Waals surface area contributed by atoms with Crippen LogP contribution < -0.4 is 5.32 Å². The van der Waals surface area contributed by atoms with E-state index in [1.807, 2.05) is 11.3 Å². The van der Waals surface area contributed by atoms with Crippen molar-refractivity contribution in [2.75, 3.05) is 6.54 Å². The summed E-state index contributed by atoms with van der Waals surface area (Å²) in [6, 6.07) is 10.7. The Morgan fingerprint density at radius 3 is 2.82 bits per heavy atom. The molecule has 1 aliphatic carbocycles. The van der Waals surface area contributed by atoms with E-state index >= 15 is 0 Å². The SMILES string of the molecule is OC1(CNCc2cc3ccccc3s2)CCC1. The van der Waals surface area contributed by atoms with E-state index in [1.54, 1.807) is 0 Å². The normalized spacial score (nSPS) is 18.2. The summed E-state index contributed by atoms with van der Waals surface area (Å²) in [7, 11) is 0. The topological polar surface area (TPSA) is 32.3 Å². The standard InChI is InChI=1S/C14H17NOS/c16-14(6-3-7-14)10-15-9-12-8-11-4-1-2-5-13(11)17-12/h1-2,4-5,8,15-16H,3,6-7,9-10H2. The van der Waals surface area contributed by atoms with Crippen molar-refractivity contribution in [3.63, 3.8) is 0 Å². The molecular weight excluding hydrogens is 230 g/mol. The van der Waals surface area contributed by atoms with Gasteiger partial charge in [0.15, 0.2) is 0 Å². The van der Waals surface area contributed by atoms with E-state index in [9.17, 15) is 5.11 Å². The maximum Gasteiger partial charge on any atom is 0.0771 e. The molecule has 3 heteroatoms. The summed E-state index contributed by atoms with van der Waals surface area (Å²) in [5.41, 5.74) is -0.420. The Morgan fingerprint density at radius 2 is 2.12 bits per heavy atom. The predicted molar refractivity (Wildman–Crippen MR) is 72.3 cm³/mol. The van der Waals surface area contributed by atoms with E-state index in [2.05, 4.69) is 35.6 Å². The number of aliphatic hydroxyl groups is 1. The number of rotatable bonds is 4. The van der Waals surface area contributed by atoms with Gasteiger partial charge in [0.1, 0.15) is 0 Å². The maximum absolute atomic E-state index is 9.97. The molecule has 0 bridgehead atoms.